The zero-order valence-electron chi connectivity index (χ0n) is 19.3. The van der Waals surface area contributed by atoms with Gasteiger partial charge in [0.1, 0.15) is 23.9 Å². The summed E-state index contributed by atoms with van der Waals surface area (Å²) in [4.78, 5) is 33.0. The smallest absolute Gasteiger partial charge is 0.330 e. The first kappa shape index (κ1) is 21.9. The van der Waals surface area contributed by atoms with Gasteiger partial charge in [0.25, 0.3) is 0 Å². The monoisotopic (exact) mass is 460 g/mol. The zero-order chi connectivity index (χ0) is 23.8. The highest BCUT2D eigenvalue weighted by Gasteiger charge is 2.35. The van der Waals surface area contributed by atoms with E-state index in [4.69, 9.17) is 10.7 Å². The normalized spacial score (nSPS) is 16.9. The summed E-state index contributed by atoms with van der Waals surface area (Å²) in [6.07, 6.45) is 3.72. The Hall–Kier alpha value is -3.95. The number of amides is 3. The van der Waals surface area contributed by atoms with Crippen molar-refractivity contribution in [3.63, 3.8) is 0 Å². The van der Waals surface area contributed by atoms with Crippen LogP contribution >= 0.6 is 0 Å². The van der Waals surface area contributed by atoms with Crippen LogP contribution in [0.1, 0.15) is 32.7 Å². The van der Waals surface area contributed by atoms with Crippen molar-refractivity contribution in [2.45, 2.75) is 38.8 Å². The minimum atomic E-state index is -0.352. The van der Waals surface area contributed by atoms with Gasteiger partial charge in [0.15, 0.2) is 5.82 Å². The molecular weight excluding hydrogens is 432 g/mol. The van der Waals surface area contributed by atoms with E-state index in [1.54, 1.807) is 16.1 Å². The van der Waals surface area contributed by atoms with Gasteiger partial charge < -0.3 is 15.6 Å². The Morgan fingerprint density at radius 1 is 1.09 bits per heavy atom. The third-order valence-corrected chi connectivity index (χ3v) is 6.28. The molecule has 1 aromatic carbocycles. The van der Waals surface area contributed by atoms with Crippen LogP contribution in [0.4, 0.5) is 22.0 Å². The minimum Gasteiger partial charge on any atom is -0.373 e. The summed E-state index contributed by atoms with van der Waals surface area (Å²) in [5.74, 6) is 1.22. The number of nitrogens with zero attached hydrogens (tertiary/aromatic N) is 6. The Labute approximate surface area is 197 Å². The highest BCUT2D eigenvalue weighted by Crippen LogP contribution is 2.34. The van der Waals surface area contributed by atoms with Gasteiger partial charge in [0.05, 0.1) is 0 Å². The Bertz CT molecular complexity index is 1200. The number of anilines is 3. The summed E-state index contributed by atoms with van der Waals surface area (Å²) >= 11 is 0. The molecule has 0 radical (unpaired) electrons. The highest BCUT2D eigenvalue weighted by molar-refractivity contribution is 6.05. The summed E-state index contributed by atoms with van der Waals surface area (Å²) in [6, 6.07) is 12.8. The lowest BCUT2D eigenvalue weighted by atomic mass is 10.1. The fourth-order valence-electron chi connectivity index (χ4n) is 4.26. The SMILES string of the molecule is CC(C)n1cnnc1-c1cccc(N2CCN(c3ccc(NC(C(N)=O)C4CC4)cc3)C2=O)n1. The molecule has 2 aliphatic rings. The predicted molar refractivity (Wildman–Crippen MR) is 129 cm³/mol. The van der Waals surface area contributed by atoms with Gasteiger partial charge in [-0.15, -0.1) is 10.2 Å². The molecule has 0 spiro atoms. The van der Waals surface area contributed by atoms with Crippen molar-refractivity contribution in [3.8, 4) is 11.5 Å². The number of hydrogen-bond donors (Lipinski definition) is 2. The number of primary amides is 1. The summed E-state index contributed by atoms with van der Waals surface area (Å²) in [7, 11) is 0. The summed E-state index contributed by atoms with van der Waals surface area (Å²) < 4.78 is 1.95. The predicted octanol–water partition coefficient (Wildman–Crippen LogP) is 3.04. The molecule has 2 aromatic heterocycles. The second-order valence-electron chi connectivity index (χ2n) is 9.03. The van der Waals surface area contributed by atoms with Crippen LogP contribution in [0.3, 0.4) is 0 Å². The lowest BCUT2D eigenvalue weighted by Crippen LogP contribution is -2.37. The van der Waals surface area contributed by atoms with E-state index in [1.165, 1.54) is 0 Å². The van der Waals surface area contributed by atoms with Gasteiger partial charge >= 0.3 is 6.03 Å². The summed E-state index contributed by atoms with van der Waals surface area (Å²) in [5.41, 5.74) is 7.80. The fraction of sp³-hybridized carbons (Fsp3) is 0.375. The van der Waals surface area contributed by atoms with Gasteiger partial charge in [-0.25, -0.2) is 9.78 Å². The number of hydrogen-bond acceptors (Lipinski definition) is 6. The molecule has 5 rings (SSSR count). The molecule has 3 amide bonds. The maximum absolute atomic E-state index is 13.2. The molecule has 1 aliphatic heterocycles. The third-order valence-electron chi connectivity index (χ3n) is 6.28. The minimum absolute atomic E-state index is 0.135. The molecule has 10 nitrogen and oxygen atoms in total. The molecule has 1 atom stereocenters. The summed E-state index contributed by atoms with van der Waals surface area (Å²) in [5, 5.41) is 11.5. The Morgan fingerprint density at radius 2 is 1.82 bits per heavy atom. The van der Waals surface area contributed by atoms with Crippen LogP contribution < -0.4 is 20.9 Å². The van der Waals surface area contributed by atoms with E-state index in [1.807, 2.05) is 47.0 Å². The van der Waals surface area contributed by atoms with Crippen molar-refractivity contribution in [2.24, 2.45) is 11.7 Å². The first-order chi connectivity index (χ1) is 16.4. The standard InChI is InChI=1S/C24H28N8O2/c1-15(2)32-14-26-29-23(32)19-4-3-5-20(28-19)31-13-12-30(24(31)34)18-10-8-17(9-11-18)27-21(22(25)33)16-6-7-16/h3-5,8-11,14-16,21,27H,6-7,12-13H2,1-2H3,(H2,25,33). The van der Waals surface area contributed by atoms with Gasteiger partial charge in [0, 0.05) is 30.5 Å². The Balaban J connectivity index is 1.31. The third kappa shape index (κ3) is 4.18. The Morgan fingerprint density at radius 3 is 2.50 bits per heavy atom. The zero-order valence-corrected chi connectivity index (χ0v) is 19.3. The van der Waals surface area contributed by atoms with Crippen LogP contribution in [0.25, 0.3) is 11.5 Å². The molecule has 3 N–H and O–H groups in total. The van der Waals surface area contributed by atoms with Crippen LogP contribution in [0, 0.1) is 5.92 Å². The molecule has 176 valence electrons. The highest BCUT2D eigenvalue weighted by atomic mass is 16.2. The second-order valence-corrected chi connectivity index (χ2v) is 9.03. The molecule has 1 aliphatic carbocycles. The molecule has 3 aromatic rings. The van der Waals surface area contributed by atoms with Crippen molar-refractivity contribution in [3.05, 3.63) is 48.8 Å². The average Bonchev–Trinajstić information content (AvgIpc) is 3.40. The molecule has 3 heterocycles. The van der Waals surface area contributed by atoms with Crippen LogP contribution in [-0.2, 0) is 4.79 Å². The molecule has 1 saturated carbocycles. The largest absolute Gasteiger partial charge is 0.373 e. The average molecular weight is 461 g/mol. The van der Waals surface area contributed by atoms with Crippen LogP contribution in [0.5, 0.6) is 0 Å². The van der Waals surface area contributed by atoms with Crippen LogP contribution in [0.15, 0.2) is 48.8 Å². The van der Waals surface area contributed by atoms with Gasteiger partial charge in [-0.05, 0) is 69.0 Å². The van der Waals surface area contributed by atoms with Crippen molar-refractivity contribution in [1.82, 2.24) is 19.7 Å². The maximum Gasteiger partial charge on any atom is 0.330 e. The van der Waals surface area contributed by atoms with Crippen molar-refractivity contribution >= 4 is 29.1 Å². The molecule has 0 bridgehead atoms. The maximum atomic E-state index is 13.2. The molecule has 1 unspecified atom stereocenters. The van der Waals surface area contributed by atoms with E-state index < -0.39 is 0 Å². The summed E-state index contributed by atoms with van der Waals surface area (Å²) in [6.45, 7) is 5.18. The van der Waals surface area contributed by atoms with Gasteiger partial charge in [-0.1, -0.05) is 6.07 Å². The van der Waals surface area contributed by atoms with Gasteiger partial charge in [-0.2, -0.15) is 0 Å². The number of nitrogens with two attached hydrogens (primary N) is 1. The molecule has 34 heavy (non-hydrogen) atoms. The Kier molecular flexibility index (Phi) is 5.64. The number of aromatic nitrogens is 4. The molecule has 1 saturated heterocycles. The van der Waals surface area contributed by atoms with Crippen molar-refractivity contribution < 1.29 is 9.59 Å². The van der Waals surface area contributed by atoms with E-state index in [9.17, 15) is 9.59 Å². The molecular formula is C24H28N8O2. The van der Waals surface area contributed by atoms with Crippen molar-refractivity contribution in [2.75, 3.05) is 28.2 Å². The van der Waals surface area contributed by atoms with Crippen molar-refractivity contribution in [1.29, 1.82) is 0 Å². The number of rotatable bonds is 8. The molecule has 10 heteroatoms. The number of urea groups is 1. The van der Waals surface area contributed by atoms with Gasteiger partial charge in [-0.3, -0.25) is 14.6 Å². The van der Waals surface area contributed by atoms with E-state index >= 15 is 0 Å². The number of benzene rings is 1. The molecule has 2 fully saturated rings. The number of nitrogens with one attached hydrogen (secondary N) is 1. The lowest BCUT2D eigenvalue weighted by molar-refractivity contribution is -0.119. The van der Waals surface area contributed by atoms with E-state index in [2.05, 4.69) is 29.4 Å². The number of pyridine rings is 1. The topological polar surface area (TPSA) is 122 Å². The van der Waals surface area contributed by atoms with E-state index in [0.29, 0.717) is 36.3 Å². The van der Waals surface area contributed by atoms with Crippen LogP contribution in [0.2, 0.25) is 0 Å². The quantitative estimate of drug-likeness (QED) is 0.533. The fourth-order valence-corrected chi connectivity index (χ4v) is 4.26. The number of carbonyl (C=O) groups is 2. The second kappa shape index (κ2) is 8.77. The lowest BCUT2D eigenvalue weighted by Gasteiger charge is -2.20. The first-order valence-electron chi connectivity index (χ1n) is 11.5. The van der Waals surface area contributed by atoms with Gasteiger partial charge in [0.2, 0.25) is 5.91 Å². The van der Waals surface area contributed by atoms with E-state index in [0.717, 1.165) is 24.2 Å². The van der Waals surface area contributed by atoms with Crippen LogP contribution in [-0.4, -0.2) is 50.8 Å². The number of carbonyl (C=O) groups excluding carboxylic acids is 2. The van der Waals surface area contributed by atoms with E-state index in [-0.39, 0.29) is 24.0 Å². The first-order valence-corrected chi connectivity index (χ1v) is 11.5.